The summed E-state index contributed by atoms with van der Waals surface area (Å²) < 4.78 is 23.6. The van der Waals surface area contributed by atoms with Gasteiger partial charge < -0.3 is 5.11 Å². The van der Waals surface area contributed by atoms with E-state index in [0.717, 1.165) is 11.5 Å². The van der Waals surface area contributed by atoms with Crippen molar-refractivity contribution in [2.24, 2.45) is 5.92 Å². The molecular weight excluding hydrogens is 248 g/mol. The van der Waals surface area contributed by atoms with Gasteiger partial charge in [-0.15, -0.1) is 0 Å². The van der Waals surface area contributed by atoms with Crippen LogP contribution in [0.5, 0.6) is 0 Å². The van der Waals surface area contributed by atoms with Gasteiger partial charge in [0.05, 0.1) is 5.75 Å². The number of sulfone groups is 1. The normalized spacial score (nSPS) is 14.0. The van der Waals surface area contributed by atoms with Crippen molar-refractivity contribution in [1.82, 2.24) is 0 Å². The number of carboxylic acids is 1. The highest BCUT2D eigenvalue weighted by atomic mass is 32.2. The van der Waals surface area contributed by atoms with Gasteiger partial charge in [-0.05, 0) is 23.8 Å². The molecule has 1 unspecified atom stereocenters. The Kier molecular flexibility index (Phi) is 7.06. The standard InChI is InChI=1S/C10H20O4S2/c1-4-15-6-5-7-16(13,14)9(8(2)3)10(11)12/h8-9H,4-7H2,1-3H3,(H,11,12). The molecule has 0 fully saturated rings. The maximum atomic E-state index is 11.8. The van der Waals surface area contributed by atoms with Crippen molar-refractivity contribution < 1.29 is 18.3 Å². The van der Waals surface area contributed by atoms with Gasteiger partial charge in [0.25, 0.3) is 0 Å². The van der Waals surface area contributed by atoms with Gasteiger partial charge in [0.1, 0.15) is 0 Å². The molecule has 0 spiro atoms. The first-order chi connectivity index (χ1) is 7.33. The lowest BCUT2D eigenvalue weighted by Gasteiger charge is -2.16. The summed E-state index contributed by atoms with van der Waals surface area (Å²) in [6.45, 7) is 5.25. The van der Waals surface area contributed by atoms with E-state index in [1.807, 2.05) is 6.92 Å². The molecule has 0 aliphatic carbocycles. The van der Waals surface area contributed by atoms with Crippen LogP contribution in [0, 0.1) is 5.92 Å². The lowest BCUT2D eigenvalue weighted by molar-refractivity contribution is -0.137. The Balaban J connectivity index is 4.44. The molecule has 0 bridgehead atoms. The van der Waals surface area contributed by atoms with Crippen LogP contribution in [0.3, 0.4) is 0 Å². The summed E-state index contributed by atoms with van der Waals surface area (Å²) in [5.41, 5.74) is 0. The first kappa shape index (κ1) is 15.8. The molecule has 0 aromatic heterocycles. The zero-order valence-corrected chi connectivity index (χ0v) is 11.6. The zero-order valence-electron chi connectivity index (χ0n) is 9.97. The molecule has 0 amide bonds. The smallest absolute Gasteiger partial charge is 0.322 e. The molecule has 0 aromatic carbocycles. The second-order valence-electron chi connectivity index (χ2n) is 3.92. The van der Waals surface area contributed by atoms with Crippen LogP contribution in [0.25, 0.3) is 0 Å². The van der Waals surface area contributed by atoms with E-state index in [4.69, 9.17) is 5.11 Å². The number of carboxylic acid groups (broad SMARTS) is 1. The topological polar surface area (TPSA) is 71.4 Å². The van der Waals surface area contributed by atoms with Gasteiger partial charge in [-0.25, -0.2) is 8.42 Å². The molecule has 0 radical (unpaired) electrons. The van der Waals surface area contributed by atoms with Crippen LogP contribution < -0.4 is 0 Å². The maximum Gasteiger partial charge on any atom is 0.322 e. The van der Waals surface area contributed by atoms with E-state index < -0.39 is 21.1 Å². The van der Waals surface area contributed by atoms with Crippen molar-refractivity contribution in [3.8, 4) is 0 Å². The third kappa shape index (κ3) is 5.21. The quantitative estimate of drug-likeness (QED) is 0.678. The lowest BCUT2D eigenvalue weighted by atomic mass is 10.1. The van der Waals surface area contributed by atoms with E-state index in [1.54, 1.807) is 25.6 Å². The first-order valence-electron chi connectivity index (χ1n) is 5.35. The molecule has 16 heavy (non-hydrogen) atoms. The molecule has 96 valence electrons. The molecule has 1 atom stereocenters. The Labute approximate surface area is 102 Å². The second-order valence-corrected chi connectivity index (χ2v) is 7.56. The average Bonchev–Trinajstić information content (AvgIpc) is 2.10. The third-order valence-electron chi connectivity index (χ3n) is 2.16. The summed E-state index contributed by atoms with van der Waals surface area (Å²) in [5.74, 6) is 0.0570. The van der Waals surface area contributed by atoms with Gasteiger partial charge in [-0.3, -0.25) is 4.79 Å². The Morgan fingerprint density at radius 3 is 2.31 bits per heavy atom. The van der Waals surface area contributed by atoms with Gasteiger partial charge in [0.15, 0.2) is 15.1 Å². The monoisotopic (exact) mass is 268 g/mol. The molecule has 0 saturated carbocycles. The first-order valence-corrected chi connectivity index (χ1v) is 8.22. The largest absolute Gasteiger partial charge is 0.480 e. The zero-order chi connectivity index (χ0) is 12.8. The van der Waals surface area contributed by atoms with Crippen molar-refractivity contribution in [2.45, 2.75) is 32.4 Å². The predicted octanol–water partition coefficient (Wildman–Crippen LogP) is 1.65. The Morgan fingerprint density at radius 2 is 1.94 bits per heavy atom. The lowest BCUT2D eigenvalue weighted by Crippen LogP contribution is -2.36. The van der Waals surface area contributed by atoms with Crippen LogP contribution >= 0.6 is 11.8 Å². The van der Waals surface area contributed by atoms with Crippen LogP contribution in [-0.4, -0.2) is 42.0 Å². The van der Waals surface area contributed by atoms with Gasteiger partial charge in [0, 0.05) is 0 Å². The molecule has 4 nitrogen and oxygen atoms in total. The molecule has 6 heteroatoms. The van der Waals surface area contributed by atoms with E-state index in [2.05, 4.69) is 0 Å². The van der Waals surface area contributed by atoms with Crippen LogP contribution in [0.1, 0.15) is 27.2 Å². The fourth-order valence-electron chi connectivity index (χ4n) is 1.49. The molecule has 1 N–H and O–H groups in total. The Morgan fingerprint density at radius 1 is 1.38 bits per heavy atom. The highest BCUT2D eigenvalue weighted by molar-refractivity contribution is 7.99. The van der Waals surface area contributed by atoms with E-state index in [1.165, 1.54) is 0 Å². The minimum Gasteiger partial charge on any atom is -0.480 e. The summed E-state index contributed by atoms with van der Waals surface area (Å²) in [4.78, 5) is 10.9. The van der Waals surface area contributed by atoms with Crippen LogP contribution in [0.15, 0.2) is 0 Å². The Hall–Kier alpha value is -0.230. The number of thioether (sulfide) groups is 1. The average molecular weight is 268 g/mol. The molecule has 0 aliphatic heterocycles. The van der Waals surface area contributed by atoms with Crippen LogP contribution in [0.2, 0.25) is 0 Å². The number of carbonyl (C=O) groups is 1. The van der Waals surface area contributed by atoms with Gasteiger partial charge in [0.2, 0.25) is 0 Å². The fraction of sp³-hybridized carbons (Fsp3) is 0.900. The predicted molar refractivity (Wildman–Crippen MR) is 67.7 cm³/mol. The third-order valence-corrected chi connectivity index (χ3v) is 5.52. The van der Waals surface area contributed by atoms with Crippen molar-refractivity contribution >= 4 is 27.6 Å². The summed E-state index contributed by atoms with van der Waals surface area (Å²) in [6, 6.07) is 0. The van der Waals surface area contributed by atoms with E-state index >= 15 is 0 Å². The molecule has 0 aromatic rings. The minimum atomic E-state index is -3.51. The van der Waals surface area contributed by atoms with Gasteiger partial charge in [-0.1, -0.05) is 20.8 Å². The molecule has 0 heterocycles. The maximum absolute atomic E-state index is 11.8. The second kappa shape index (κ2) is 7.17. The molecule has 0 aliphatic rings. The SMILES string of the molecule is CCSCCCS(=O)(=O)C(C(=O)O)C(C)C. The van der Waals surface area contributed by atoms with Crippen LogP contribution in [0.4, 0.5) is 0 Å². The van der Waals surface area contributed by atoms with E-state index in [-0.39, 0.29) is 11.7 Å². The molecular formula is C10H20O4S2. The number of aliphatic carboxylic acids is 1. The number of hydrogen-bond donors (Lipinski definition) is 1. The van der Waals surface area contributed by atoms with Crippen molar-refractivity contribution in [2.75, 3.05) is 17.3 Å². The van der Waals surface area contributed by atoms with Crippen molar-refractivity contribution in [1.29, 1.82) is 0 Å². The van der Waals surface area contributed by atoms with Gasteiger partial charge in [-0.2, -0.15) is 11.8 Å². The van der Waals surface area contributed by atoms with Crippen molar-refractivity contribution in [3.63, 3.8) is 0 Å². The Bertz CT molecular complexity index is 309. The summed E-state index contributed by atoms with van der Waals surface area (Å²) in [6.07, 6.45) is 0.525. The summed E-state index contributed by atoms with van der Waals surface area (Å²) >= 11 is 1.67. The summed E-state index contributed by atoms with van der Waals surface area (Å²) in [7, 11) is -3.51. The highest BCUT2D eigenvalue weighted by Crippen LogP contribution is 2.15. The molecule has 0 saturated heterocycles. The molecule has 0 rings (SSSR count). The van der Waals surface area contributed by atoms with E-state index in [0.29, 0.717) is 6.42 Å². The highest BCUT2D eigenvalue weighted by Gasteiger charge is 2.34. The van der Waals surface area contributed by atoms with Crippen molar-refractivity contribution in [3.05, 3.63) is 0 Å². The van der Waals surface area contributed by atoms with Gasteiger partial charge >= 0.3 is 5.97 Å². The minimum absolute atomic E-state index is 0.0326. The number of rotatable bonds is 8. The van der Waals surface area contributed by atoms with E-state index in [9.17, 15) is 13.2 Å². The van der Waals surface area contributed by atoms with Crippen LogP contribution in [-0.2, 0) is 14.6 Å². The fourth-order valence-corrected chi connectivity index (χ4v) is 4.24. The summed E-state index contributed by atoms with van der Waals surface area (Å²) in [5, 5.41) is 7.63. The number of hydrogen-bond acceptors (Lipinski definition) is 4.